The lowest BCUT2D eigenvalue weighted by molar-refractivity contribution is 0.0692. The van der Waals surface area contributed by atoms with Crippen LogP contribution in [0.3, 0.4) is 0 Å². The van der Waals surface area contributed by atoms with Gasteiger partial charge in [-0.25, -0.2) is 0 Å². The molecule has 0 spiro atoms. The molecule has 2 unspecified atom stereocenters. The normalized spacial score (nSPS) is 27.0. The maximum absolute atomic E-state index is 12.1. The number of aromatic nitrogens is 2. The van der Waals surface area contributed by atoms with Crippen molar-refractivity contribution in [2.45, 2.75) is 38.1 Å². The van der Waals surface area contributed by atoms with Crippen LogP contribution < -0.4 is 5.32 Å². The minimum atomic E-state index is -0.532. The standard InChI is InChI=1S/C13H18ClN3O2/c1-9-3-2-6-13(7-9,8-18)15-12(19)10-4-5-11(14)17-16-10/h4-5,9,18H,2-3,6-8H2,1H3,(H,15,19). The average molecular weight is 284 g/mol. The second kappa shape index (κ2) is 5.84. The largest absolute Gasteiger partial charge is 0.394 e. The molecule has 1 fully saturated rings. The van der Waals surface area contributed by atoms with Crippen LogP contribution in [-0.2, 0) is 0 Å². The lowest BCUT2D eigenvalue weighted by Crippen LogP contribution is -2.54. The van der Waals surface area contributed by atoms with Gasteiger partial charge in [-0.3, -0.25) is 4.79 Å². The fraction of sp³-hybridized carbons (Fsp3) is 0.615. The highest BCUT2D eigenvalue weighted by Crippen LogP contribution is 2.32. The molecule has 2 atom stereocenters. The van der Waals surface area contributed by atoms with Gasteiger partial charge < -0.3 is 10.4 Å². The number of hydrogen-bond donors (Lipinski definition) is 2. The molecule has 1 saturated carbocycles. The molecule has 1 aromatic heterocycles. The summed E-state index contributed by atoms with van der Waals surface area (Å²) in [5, 5.41) is 20.2. The zero-order valence-electron chi connectivity index (χ0n) is 10.9. The SMILES string of the molecule is CC1CCCC(CO)(NC(=O)c2ccc(Cl)nn2)C1. The summed E-state index contributed by atoms with van der Waals surface area (Å²) in [6.45, 7) is 2.09. The second-order valence-electron chi connectivity index (χ2n) is 5.34. The van der Waals surface area contributed by atoms with Gasteiger partial charge in [0.1, 0.15) is 0 Å². The van der Waals surface area contributed by atoms with E-state index in [2.05, 4.69) is 22.4 Å². The topological polar surface area (TPSA) is 75.1 Å². The van der Waals surface area contributed by atoms with Crippen molar-refractivity contribution in [3.8, 4) is 0 Å². The van der Waals surface area contributed by atoms with E-state index in [1.165, 1.54) is 12.1 Å². The molecule has 6 heteroatoms. The third-order valence-electron chi connectivity index (χ3n) is 3.64. The number of amides is 1. The summed E-state index contributed by atoms with van der Waals surface area (Å²) in [5.74, 6) is 0.185. The second-order valence-corrected chi connectivity index (χ2v) is 5.72. The molecule has 0 saturated heterocycles. The third-order valence-corrected chi connectivity index (χ3v) is 3.84. The molecule has 0 aliphatic heterocycles. The van der Waals surface area contributed by atoms with Gasteiger partial charge in [-0.2, -0.15) is 0 Å². The molecule has 0 bridgehead atoms. The lowest BCUT2D eigenvalue weighted by atomic mass is 9.77. The van der Waals surface area contributed by atoms with Gasteiger partial charge in [0.05, 0.1) is 12.1 Å². The van der Waals surface area contributed by atoms with E-state index in [0.717, 1.165) is 25.7 Å². The first-order valence-corrected chi connectivity index (χ1v) is 6.85. The maximum atomic E-state index is 12.1. The Morgan fingerprint density at radius 2 is 2.37 bits per heavy atom. The number of hydrogen-bond acceptors (Lipinski definition) is 4. The molecule has 19 heavy (non-hydrogen) atoms. The minimum absolute atomic E-state index is 0.0515. The zero-order chi connectivity index (χ0) is 13.9. The van der Waals surface area contributed by atoms with Crippen molar-refractivity contribution < 1.29 is 9.90 Å². The molecule has 2 rings (SSSR count). The van der Waals surface area contributed by atoms with E-state index in [1.54, 1.807) is 0 Å². The van der Waals surface area contributed by atoms with Crippen molar-refractivity contribution in [3.05, 3.63) is 23.0 Å². The Labute approximate surface area is 117 Å². The number of aliphatic hydroxyl groups is 1. The molecule has 1 amide bonds. The van der Waals surface area contributed by atoms with E-state index in [-0.39, 0.29) is 23.4 Å². The number of nitrogens with zero attached hydrogens (tertiary/aromatic N) is 2. The van der Waals surface area contributed by atoms with Gasteiger partial charge in [-0.05, 0) is 30.9 Å². The molecule has 1 aliphatic carbocycles. The van der Waals surface area contributed by atoms with Crippen molar-refractivity contribution in [1.82, 2.24) is 15.5 Å². The summed E-state index contributed by atoms with van der Waals surface area (Å²) in [6.07, 6.45) is 3.73. The van der Waals surface area contributed by atoms with Crippen molar-refractivity contribution >= 4 is 17.5 Å². The molecular weight excluding hydrogens is 266 g/mol. The summed E-state index contributed by atoms with van der Waals surface area (Å²) in [4.78, 5) is 12.1. The fourth-order valence-corrected chi connectivity index (χ4v) is 2.80. The zero-order valence-corrected chi connectivity index (χ0v) is 11.7. The summed E-state index contributed by atoms with van der Waals surface area (Å²) >= 11 is 5.64. The van der Waals surface area contributed by atoms with Crippen LogP contribution in [0.4, 0.5) is 0 Å². The summed E-state index contributed by atoms with van der Waals surface area (Å²) in [7, 11) is 0. The molecule has 0 radical (unpaired) electrons. The first-order valence-electron chi connectivity index (χ1n) is 6.47. The number of carbonyl (C=O) groups excluding carboxylic acids is 1. The Balaban J connectivity index is 2.09. The van der Waals surface area contributed by atoms with Crippen LogP contribution in [-0.4, -0.2) is 33.4 Å². The Morgan fingerprint density at radius 1 is 1.58 bits per heavy atom. The van der Waals surface area contributed by atoms with Gasteiger partial charge in [0.25, 0.3) is 5.91 Å². The maximum Gasteiger partial charge on any atom is 0.272 e. The number of carbonyl (C=O) groups is 1. The predicted octanol–water partition coefficient (Wildman–Crippen LogP) is 1.80. The van der Waals surface area contributed by atoms with Gasteiger partial charge in [0, 0.05) is 0 Å². The van der Waals surface area contributed by atoms with Crippen LogP contribution in [0.15, 0.2) is 12.1 Å². The average Bonchev–Trinajstić information content (AvgIpc) is 2.39. The van der Waals surface area contributed by atoms with E-state index >= 15 is 0 Å². The molecule has 2 N–H and O–H groups in total. The Hall–Kier alpha value is -1.20. The van der Waals surface area contributed by atoms with Crippen LogP contribution in [0.5, 0.6) is 0 Å². The van der Waals surface area contributed by atoms with Crippen molar-refractivity contribution in [2.75, 3.05) is 6.61 Å². The molecule has 5 nitrogen and oxygen atoms in total. The number of aliphatic hydroxyl groups excluding tert-OH is 1. The summed E-state index contributed by atoms with van der Waals surface area (Å²) in [6, 6.07) is 3.06. The summed E-state index contributed by atoms with van der Waals surface area (Å²) < 4.78 is 0. The van der Waals surface area contributed by atoms with Gasteiger partial charge in [0.15, 0.2) is 10.8 Å². The van der Waals surface area contributed by atoms with Gasteiger partial charge in [-0.1, -0.05) is 31.4 Å². The Morgan fingerprint density at radius 3 is 2.95 bits per heavy atom. The molecule has 1 aliphatic rings. The Bertz CT molecular complexity index is 452. The van der Waals surface area contributed by atoms with Crippen molar-refractivity contribution in [2.24, 2.45) is 5.92 Å². The van der Waals surface area contributed by atoms with Crippen LogP contribution in [0.1, 0.15) is 43.1 Å². The molecule has 0 aromatic carbocycles. The van der Waals surface area contributed by atoms with Gasteiger partial charge in [0.2, 0.25) is 0 Å². The lowest BCUT2D eigenvalue weighted by Gasteiger charge is -2.39. The van der Waals surface area contributed by atoms with Gasteiger partial charge in [-0.15, -0.1) is 10.2 Å². The van der Waals surface area contributed by atoms with E-state index < -0.39 is 5.54 Å². The molecule has 1 heterocycles. The quantitative estimate of drug-likeness (QED) is 0.887. The monoisotopic (exact) mass is 283 g/mol. The smallest absolute Gasteiger partial charge is 0.272 e. The minimum Gasteiger partial charge on any atom is -0.394 e. The number of nitrogens with one attached hydrogen (secondary N) is 1. The third kappa shape index (κ3) is 3.42. The summed E-state index contributed by atoms with van der Waals surface area (Å²) in [5.41, 5.74) is -0.314. The van der Waals surface area contributed by atoms with Crippen LogP contribution >= 0.6 is 11.6 Å². The molecule has 104 valence electrons. The molecular formula is C13H18ClN3O2. The fourth-order valence-electron chi connectivity index (χ4n) is 2.70. The highest BCUT2D eigenvalue weighted by atomic mass is 35.5. The van der Waals surface area contributed by atoms with E-state index in [4.69, 9.17) is 11.6 Å². The van der Waals surface area contributed by atoms with E-state index in [0.29, 0.717) is 5.92 Å². The first kappa shape index (κ1) is 14.2. The van der Waals surface area contributed by atoms with Crippen molar-refractivity contribution in [1.29, 1.82) is 0 Å². The van der Waals surface area contributed by atoms with Gasteiger partial charge >= 0.3 is 0 Å². The molecule has 1 aromatic rings. The highest BCUT2D eigenvalue weighted by molar-refractivity contribution is 6.29. The number of halogens is 1. The van der Waals surface area contributed by atoms with Crippen molar-refractivity contribution in [3.63, 3.8) is 0 Å². The van der Waals surface area contributed by atoms with Crippen LogP contribution in [0.25, 0.3) is 0 Å². The van der Waals surface area contributed by atoms with E-state index in [9.17, 15) is 9.90 Å². The predicted molar refractivity (Wildman–Crippen MR) is 72.0 cm³/mol. The number of rotatable bonds is 3. The highest BCUT2D eigenvalue weighted by Gasteiger charge is 2.36. The van der Waals surface area contributed by atoms with Crippen LogP contribution in [0.2, 0.25) is 5.15 Å². The van der Waals surface area contributed by atoms with E-state index in [1.807, 2.05) is 0 Å². The Kier molecular flexibility index (Phi) is 4.37. The van der Waals surface area contributed by atoms with Crippen LogP contribution in [0, 0.1) is 5.92 Å². The first-order chi connectivity index (χ1) is 9.04.